The van der Waals surface area contributed by atoms with Gasteiger partial charge in [0.25, 0.3) is 0 Å². The molecule has 1 atom stereocenters. The number of anilines is 1. The molecule has 6 N–H and O–H groups in total. The van der Waals surface area contributed by atoms with Gasteiger partial charge in [-0.2, -0.15) is 0 Å². The molecule has 1 heterocycles. The number of aliphatic carboxylic acids is 1. The van der Waals surface area contributed by atoms with Gasteiger partial charge in [-0.3, -0.25) is 4.79 Å². The number of carboxylic acids is 1. The van der Waals surface area contributed by atoms with Crippen molar-refractivity contribution >= 4 is 22.6 Å². The molecule has 1 unspecified atom stereocenters. The zero-order chi connectivity index (χ0) is 14.6. The number of carboxylic acid groups (broad SMARTS) is 1. The van der Waals surface area contributed by atoms with Crippen LogP contribution in [0, 0.1) is 6.92 Å². The summed E-state index contributed by atoms with van der Waals surface area (Å²) in [6.07, 6.45) is 0.273. The van der Waals surface area contributed by atoms with Gasteiger partial charge in [-0.15, -0.1) is 0 Å². The minimum atomic E-state index is -1.01. The van der Waals surface area contributed by atoms with Crippen LogP contribution in [0.4, 0.5) is 5.69 Å². The summed E-state index contributed by atoms with van der Waals surface area (Å²) in [6, 6.07) is 4.65. The summed E-state index contributed by atoms with van der Waals surface area (Å²) in [6.45, 7) is 5.89. The zero-order valence-electron chi connectivity index (χ0n) is 11.5. The Bertz CT molecular complexity index is 575. The third-order valence-corrected chi connectivity index (χ3v) is 2.91. The average Bonchev–Trinajstić information content (AvgIpc) is 2.69. The molecule has 1 aromatic carbocycles. The van der Waals surface area contributed by atoms with Gasteiger partial charge >= 0.3 is 5.97 Å². The van der Waals surface area contributed by atoms with Crippen LogP contribution in [0.5, 0.6) is 0 Å². The average molecular weight is 263 g/mol. The first-order valence-corrected chi connectivity index (χ1v) is 6.34. The van der Waals surface area contributed by atoms with Gasteiger partial charge in [0.2, 0.25) is 0 Å². The Labute approximate surface area is 112 Å². The van der Waals surface area contributed by atoms with Crippen molar-refractivity contribution < 1.29 is 9.90 Å². The van der Waals surface area contributed by atoms with Crippen molar-refractivity contribution in [3.63, 3.8) is 0 Å². The molecule has 0 aliphatic carbocycles. The molecule has 104 valence electrons. The van der Waals surface area contributed by atoms with E-state index in [4.69, 9.17) is 16.6 Å². The lowest BCUT2D eigenvalue weighted by atomic mass is 10.0. The number of hydrogen-bond donors (Lipinski definition) is 4. The third kappa shape index (κ3) is 3.06. The lowest BCUT2D eigenvalue weighted by Gasteiger charge is -2.07. The molecule has 0 saturated heterocycles. The number of fused-ring (bicyclic) bond motifs is 1. The first-order chi connectivity index (χ1) is 9.00. The van der Waals surface area contributed by atoms with Gasteiger partial charge in [-0.05, 0) is 24.6 Å². The minimum Gasteiger partial charge on any atom is -0.480 e. The van der Waals surface area contributed by atoms with Crippen molar-refractivity contribution in [3.05, 3.63) is 29.5 Å². The lowest BCUT2D eigenvalue weighted by molar-refractivity contribution is -0.138. The van der Waals surface area contributed by atoms with Crippen molar-refractivity contribution in [2.45, 2.75) is 33.2 Å². The maximum atomic E-state index is 10.8. The van der Waals surface area contributed by atoms with E-state index < -0.39 is 12.0 Å². The molecule has 2 rings (SSSR count). The molecule has 0 amide bonds. The molecule has 5 nitrogen and oxygen atoms in total. The number of rotatable bonds is 3. The number of nitrogens with two attached hydrogens (primary N) is 2. The molecular formula is C14H21N3O2. The van der Waals surface area contributed by atoms with Crippen molar-refractivity contribution in [1.82, 2.24) is 4.98 Å². The number of carbonyl (C=O) groups is 1. The van der Waals surface area contributed by atoms with Crippen LogP contribution in [0.15, 0.2) is 18.2 Å². The summed E-state index contributed by atoms with van der Waals surface area (Å²) in [7, 11) is 0. The molecule has 0 bridgehead atoms. The quantitative estimate of drug-likeness (QED) is 0.636. The number of H-pyrrole nitrogens is 1. The molecule has 0 fully saturated rings. The number of nitrogen functional groups attached to an aromatic ring is 1. The fourth-order valence-electron chi connectivity index (χ4n) is 2.04. The molecule has 5 heteroatoms. The predicted octanol–water partition coefficient (Wildman–Crippen LogP) is 2.04. The second kappa shape index (κ2) is 6.24. The van der Waals surface area contributed by atoms with Crippen molar-refractivity contribution in [2.75, 3.05) is 5.73 Å². The highest BCUT2D eigenvalue weighted by molar-refractivity contribution is 5.95. The van der Waals surface area contributed by atoms with E-state index in [9.17, 15) is 4.79 Å². The van der Waals surface area contributed by atoms with Crippen LogP contribution in [-0.2, 0) is 11.2 Å². The van der Waals surface area contributed by atoms with Gasteiger partial charge in [-0.25, -0.2) is 0 Å². The maximum absolute atomic E-state index is 10.8. The Kier molecular flexibility index (Phi) is 4.94. The van der Waals surface area contributed by atoms with Crippen LogP contribution in [0.2, 0.25) is 0 Å². The number of hydrogen-bond acceptors (Lipinski definition) is 3. The van der Waals surface area contributed by atoms with Crippen molar-refractivity contribution in [2.24, 2.45) is 5.73 Å². The van der Waals surface area contributed by atoms with Crippen LogP contribution in [0.1, 0.15) is 25.1 Å². The van der Waals surface area contributed by atoms with Crippen LogP contribution >= 0.6 is 0 Å². The van der Waals surface area contributed by atoms with E-state index in [1.807, 2.05) is 32.9 Å². The number of aromatic nitrogens is 1. The van der Waals surface area contributed by atoms with E-state index in [1.165, 1.54) is 0 Å². The molecule has 19 heavy (non-hydrogen) atoms. The molecule has 0 aliphatic heterocycles. The maximum Gasteiger partial charge on any atom is 0.320 e. The largest absolute Gasteiger partial charge is 0.480 e. The highest BCUT2D eigenvalue weighted by atomic mass is 16.4. The van der Waals surface area contributed by atoms with Crippen molar-refractivity contribution in [1.29, 1.82) is 0 Å². The standard InChI is InChI=1S/C12H15N3O2.C2H6/c1-6-7(5-9(14)12(16)17)11-8(13)3-2-4-10(11)15-6;1-2/h2-4,9,15H,5,13-14H2,1H3,(H,16,17);1-2H3. The summed E-state index contributed by atoms with van der Waals surface area (Å²) < 4.78 is 0. The first-order valence-electron chi connectivity index (χ1n) is 6.34. The number of aryl methyl sites for hydroxylation is 1. The molecule has 2 aromatic rings. The van der Waals surface area contributed by atoms with E-state index in [0.717, 1.165) is 22.2 Å². The Balaban J connectivity index is 0.000000861. The van der Waals surface area contributed by atoms with Gasteiger partial charge in [0, 0.05) is 28.7 Å². The SMILES string of the molecule is CC.Cc1[nH]c2cccc(N)c2c1CC(N)C(=O)O. The summed E-state index contributed by atoms with van der Waals surface area (Å²) in [5, 5.41) is 9.72. The van der Waals surface area contributed by atoms with Gasteiger partial charge in [-0.1, -0.05) is 19.9 Å². The molecule has 0 saturated carbocycles. The number of benzene rings is 1. The van der Waals surface area contributed by atoms with Gasteiger partial charge in [0.1, 0.15) is 6.04 Å². The monoisotopic (exact) mass is 263 g/mol. The number of nitrogens with one attached hydrogen (secondary N) is 1. The van der Waals surface area contributed by atoms with Gasteiger partial charge in [0.05, 0.1) is 0 Å². The summed E-state index contributed by atoms with van der Waals surface area (Å²) in [4.78, 5) is 14.0. The van der Waals surface area contributed by atoms with E-state index in [-0.39, 0.29) is 6.42 Å². The smallest absolute Gasteiger partial charge is 0.320 e. The van der Waals surface area contributed by atoms with Crippen LogP contribution in [0.25, 0.3) is 10.9 Å². The van der Waals surface area contributed by atoms with Crippen LogP contribution in [-0.4, -0.2) is 22.1 Å². The molecule has 0 spiro atoms. The normalized spacial score (nSPS) is 11.8. The second-order valence-electron chi connectivity index (χ2n) is 4.15. The highest BCUT2D eigenvalue weighted by Gasteiger charge is 2.18. The second-order valence-corrected chi connectivity index (χ2v) is 4.15. The first kappa shape index (κ1) is 15.0. The third-order valence-electron chi connectivity index (χ3n) is 2.91. The number of aromatic amines is 1. The highest BCUT2D eigenvalue weighted by Crippen LogP contribution is 2.28. The molecule has 1 aromatic heterocycles. The fourth-order valence-corrected chi connectivity index (χ4v) is 2.04. The Hall–Kier alpha value is -2.01. The molecule has 0 aliphatic rings. The van der Waals surface area contributed by atoms with E-state index in [0.29, 0.717) is 5.69 Å². The van der Waals surface area contributed by atoms with Gasteiger partial charge in [0.15, 0.2) is 0 Å². The van der Waals surface area contributed by atoms with Gasteiger partial charge < -0.3 is 21.6 Å². The zero-order valence-corrected chi connectivity index (χ0v) is 11.5. The molecular weight excluding hydrogens is 242 g/mol. The van der Waals surface area contributed by atoms with E-state index in [1.54, 1.807) is 6.07 Å². The summed E-state index contributed by atoms with van der Waals surface area (Å²) >= 11 is 0. The predicted molar refractivity (Wildman–Crippen MR) is 78.1 cm³/mol. The van der Waals surface area contributed by atoms with Crippen LogP contribution in [0.3, 0.4) is 0 Å². The Morgan fingerprint density at radius 2 is 2.05 bits per heavy atom. The van der Waals surface area contributed by atoms with E-state index >= 15 is 0 Å². The Morgan fingerprint density at radius 3 is 2.63 bits per heavy atom. The molecule has 0 radical (unpaired) electrons. The van der Waals surface area contributed by atoms with Crippen LogP contribution < -0.4 is 11.5 Å². The fraction of sp³-hybridized carbons (Fsp3) is 0.357. The summed E-state index contributed by atoms with van der Waals surface area (Å²) in [5.41, 5.74) is 14.8. The lowest BCUT2D eigenvalue weighted by Crippen LogP contribution is -2.32. The summed E-state index contributed by atoms with van der Waals surface area (Å²) in [5.74, 6) is -1.01. The minimum absolute atomic E-state index is 0.273. The Morgan fingerprint density at radius 1 is 1.42 bits per heavy atom. The van der Waals surface area contributed by atoms with Crippen molar-refractivity contribution in [3.8, 4) is 0 Å². The topological polar surface area (TPSA) is 105 Å². The van der Waals surface area contributed by atoms with E-state index in [2.05, 4.69) is 4.98 Å².